The second kappa shape index (κ2) is 6.20. The van der Waals surface area contributed by atoms with Crippen molar-refractivity contribution >= 4 is 5.91 Å². The van der Waals surface area contributed by atoms with Crippen LogP contribution in [0, 0.1) is 13.8 Å². The van der Waals surface area contributed by atoms with E-state index < -0.39 is 0 Å². The zero-order valence-electron chi connectivity index (χ0n) is 12.2. The lowest BCUT2D eigenvalue weighted by atomic mass is 9.98. The SMILES string of the molecule is CNCC1CCCCN1C(=O)c1ccc(C)cc1C. The second-order valence-electron chi connectivity index (χ2n) is 5.52. The number of carbonyl (C=O) groups excluding carboxylic acids is 1. The number of hydrogen-bond donors (Lipinski definition) is 1. The standard InChI is InChI=1S/C16H24N2O/c1-12-7-8-15(13(2)10-12)16(19)18-9-5-4-6-14(18)11-17-3/h7-8,10,14,17H,4-6,9,11H2,1-3H3. The molecule has 0 saturated carbocycles. The highest BCUT2D eigenvalue weighted by atomic mass is 16.2. The fraction of sp³-hybridized carbons (Fsp3) is 0.562. The molecule has 1 heterocycles. The highest BCUT2D eigenvalue weighted by Gasteiger charge is 2.27. The maximum absolute atomic E-state index is 12.7. The molecule has 1 aromatic rings. The number of amides is 1. The minimum absolute atomic E-state index is 0.192. The number of aryl methyl sites for hydroxylation is 2. The smallest absolute Gasteiger partial charge is 0.254 e. The molecule has 2 rings (SSSR count). The molecule has 1 aromatic carbocycles. The summed E-state index contributed by atoms with van der Waals surface area (Å²) in [6.45, 7) is 5.86. The lowest BCUT2D eigenvalue weighted by Crippen LogP contribution is -2.48. The van der Waals surface area contributed by atoms with Crippen LogP contribution in [0.5, 0.6) is 0 Å². The zero-order chi connectivity index (χ0) is 13.8. The van der Waals surface area contributed by atoms with Gasteiger partial charge < -0.3 is 10.2 Å². The molecule has 0 radical (unpaired) electrons. The zero-order valence-corrected chi connectivity index (χ0v) is 12.2. The van der Waals surface area contributed by atoms with E-state index in [0.717, 1.165) is 37.1 Å². The van der Waals surface area contributed by atoms with Crippen LogP contribution in [0.2, 0.25) is 0 Å². The second-order valence-corrected chi connectivity index (χ2v) is 5.52. The summed E-state index contributed by atoms with van der Waals surface area (Å²) in [5, 5.41) is 3.20. The first kappa shape index (κ1) is 14.1. The van der Waals surface area contributed by atoms with E-state index in [-0.39, 0.29) is 5.91 Å². The van der Waals surface area contributed by atoms with E-state index in [1.54, 1.807) is 0 Å². The molecule has 0 spiro atoms. The summed E-state index contributed by atoms with van der Waals surface area (Å²) >= 11 is 0. The van der Waals surface area contributed by atoms with Crippen molar-refractivity contribution in [3.63, 3.8) is 0 Å². The lowest BCUT2D eigenvalue weighted by molar-refractivity contribution is 0.0614. The van der Waals surface area contributed by atoms with Crippen LogP contribution >= 0.6 is 0 Å². The average molecular weight is 260 g/mol. The molecule has 1 amide bonds. The molecule has 0 aromatic heterocycles. The summed E-state index contributed by atoms with van der Waals surface area (Å²) in [6, 6.07) is 6.42. The number of rotatable bonds is 3. The normalized spacial score (nSPS) is 19.5. The van der Waals surface area contributed by atoms with Gasteiger partial charge in [-0.05, 0) is 51.8 Å². The topological polar surface area (TPSA) is 32.3 Å². The van der Waals surface area contributed by atoms with Gasteiger partial charge in [0.15, 0.2) is 0 Å². The summed E-state index contributed by atoms with van der Waals surface area (Å²) in [5.41, 5.74) is 3.15. The molecule has 1 atom stereocenters. The lowest BCUT2D eigenvalue weighted by Gasteiger charge is -2.36. The maximum atomic E-state index is 12.7. The van der Waals surface area contributed by atoms with Crippen LogP contribution in [0.15, 0.2) is 18.2 Å². The van der Waals surface area contributed by atoms with E-state index in [2.05, 4.69) is 23.2 Å². The van der Waals surface area contributed by atoms with Crippen LogP contribution in [-0.2, 0) is 0 Å². The van der Waals surface area contributed by atoms with Gasteiger partial charge in [-0.15, -0.1) is 0 Å². The van der Waals surface area contributed by atoms with Crippen LogP contribution in [0.4, 0.5) is 0 Å². The van der Waals surface area contributed by atoms with Gasteiger partial charge in [0.2, 0.25) is 0 Å². The predicted octanol–water partition coefficient (Wildman–Crippen LogP) is 2.52. The van der Waals surface area contributed by atoms with Crippen molar-refractivity contribution in [2.24, 2.45) is 0 Å². The van der Waals surface area contributed by atoms with Crippen molar-refractivity contribution in [3.05, 3.63) is 34.9 Å². The van der Waals surface area contributed by atoms with E-state index in [9.17, 15) is 4.79 Å². The molecule has 1 aliphatic rings. The Kier molecular flexibility index (Phi) is 4.59. The van der Waals surface area contributed by atoms with Crippen LogP contribution in [0.3, 0.4) is 0 Å². The van der Waals surface area contributed by atoms with Crippen molar-refractivity contribution in [1.82, 2.24) is 10.2 Å². The first-order valence-electron chi connectivity index (χ1n) is 7.16. The summed E-state index contributed by atoms with van der Waals surface area (Å²) < 4.78 is 0. The molecule has 1 aliphatic heterocycles. The summed E-state index contributed by atoms with van der Waals surface area (Å²) in [7, 11) is 1.95. The van der Waals surface area contributed by atoms with Gasteiger partial charge in [0.05, 0.1) is 0 Å². The molecule has 0 aliphatic carbocycles. The van der Waals surface area contributed by atoms with E-state index >= 15 is 0 Å². The number of piperidine rings is 1. The molecule has 1 fully saturated rings. The fourth-order valence-corrected chi connectivity index (χ4v) is 2.92. The Morgan fingerprint density at radius 1 is 1.37 bits per heavy atom. The molecule has 19 heavy (non-hydrogen) atoms. The molecule has 1 unspecified atom stereocenters. The minimum Gasteiger partial charge on any atom is -0.334 e. The number of likely N-dealkylation sites (N-methyl/N-ethyl adjacent to an activating group) is 1. The van der Waals surface area contributed by atoms with Gasteiger partial charge in [-0.1, -0.05) is 17.7 Å². The number of hydrogen-bond acceptors (Lipinski definition) is 2. The molecule has 3 nitrogen and oxygen atoms in total. The Labute approximate surface area is 116 Å². The number of carbonyl (C=O) groups is 1. The van der Waals surface area contributed by atoms with E-state index in [0.29, 0.717) is 6.04 Å². The largest absolute Gasteiger partial charge is 0.334 e. The predicted molar refractivity (Wildman–Crippen MR) is 78.5 cm³/mol. The summed E-state index contributed by atoms with van der Waals surface area (Å²) in [5.74, 6) is 0.192. The summed E-state index contributed by atoms with van der Waals surface area (Å²) in [6.07, 6.45) is 3.46. The number of nitrogens with zero attached hydrogens (tertiary/aromatic N) is 1. The van der Waals surface area contributed by atoms with Crippen LogP contribution in [-0.4, -0.2) is 37.0 Å². The van der Waals surface area contributed by atoms with E-state index in [1.807, 2.05) is 26.1 Å². The Bertz CT molecular complexity index is 454. The third-order valence-electron chi connectivity index (χ3n) is 3.94. The van der Waals surface area contributed by atoms with Crippen molar-refractivity contribution in [1.29, 1.82) is 0 Å². The minimum atomic E-state index is 0.192. The third kappa shape index (κ3) is 3.16. The highest BCUT2D eigenvalue weighted by Crippen LogP contribution is 2.21. The van der Waals surface area contributed by atoms with Gasteiger partial charge in [-0.2, -0.15) is 0 Å². The fourth-order valence-electron chi connectivity index (χ4n) is 2.92. The van der Waals surface area contributed by atoms with E-state index in [4.69, 9.17) is 0 Å². The Morgan fingerprint density at radius 2 is 2.16 bits per heavy atom. The van der Waals surface area contributed by atoms with Gasteiger partial charge in [-0.25, -0.2) is 0 Å². The molecule has 1 N–H and O–H groups in total. The van der Waals surface area contributed by atoms with Gasteiger partial charge in [0.1, 0.15) is 0 Å². The maximum Gasteiger partial charge on any atom is 0.254 e. The quantitative estimate of drug-likeness (QED) is 0.905. The van der Waals surface area contributed by atoms with Crippen molar-refractivity contribution in [2.45, 2.75) is 39.2 Å². The molecule has 3 heteroatoms. The van der Waals surface area contributed by atoms with Crippen LogP contribution in [0.1, 0.15) is 40.7 Å². The Morgan fingerprint density at radius 3 is 2.84 bits per heavy atom. The summed E-state index contributed by atoms with van der Waals surface area (Å²) in [4.78, 5) is 14.8. The molecule has 1 saturated heterocycles. The van der Waals surface area contributed by atoms with Gasteiger partial charge in [-0.3, -0.25) is 4.79 Å². The average Bonchev–Trinajstić information content (AvgIpc) is 2.39. The van der Waals surface area contributed by atoms with Crippen molar-refractivity contribution in [2.75, 3.05) is 20.1 Å². The molecule has 0 bridgehead atoms. The molecule has 104 valence electrons. The van der Waals surface area contributed by atoms with Gasteiger partial charge >= 0.3 is 0 Å². The Balaban J connectivity index is 2.21. The van der Waals surface area contributed by atoms with Crippen LogP contribution in [0.25, 0.3) is 0 Å². The number of benzene rings is 1. The van der Waals surface area contributed by atoms with Gasteiger partial charge in [0, 0.05) is 24.7 Å². The molecular formula is C16H24N2O. The number of likely N-dealkylation sites (tertiary alicyclic amines) is 1. The van der Waals surface area contributed by atoms with Crippen molar-refractivity contribution < 1.29 is 4.79 Å². The van der Waals surface area contributed by atoms with Crippen molar-refractivity contribution in [3.8, 4) is 0 Å². The third-order valence-corrected chi connectivity index (χ3v) is 3.94. The monoisotopic (exact) mass is 260 g/mol. The van der Waals surface area contributed by atoms with Crippen LogP contribution < -0.4 is 5.32 Å². The highest BCUT2D eigenvalue weighted by molar-refractivity contribution is 5.96. The molecular weight excluding hydrogens is 236 g/mol. The number of nitrogens with one attached hydrogen (secondary N) is 1. The van der Waals surface area contributed by atoms with Gasteiger partial charge in [0.25, 0.3) is 5.91 Å². The Hall–Kier alpha value is -1.35. The van der Waals surface area contributed by atoms with E-state index in [1.165, 1.54) is 12.0 Å². The first-order valence-corrected chi connectivity index (χ1v) is 7.16. The first-order chi connectivity index (χ1) is 9.13.